The van der Waals surface area contributed by atoms with Gasteiger partial charge in [0.25, 0.3) is 0 Å². The number of likely N-dealkylation sites (N-methyl/N-ethyl adjacent to an activating group) is 2. The van der Waals surface area contributed by atoms with Gasteiger partial charge in [0.1, 0.15) is 0 Å². The lowest BCUT2D eigenvalue weighted by atomic mass is 10.1. The fourth-order valence-electron chi connectivity index (χ4n) is 1.74. The van der Waals surface area contributed by atoms with E-state index in [-0.39, 0.29) is 11.9 Å². The van der Waals surface area contributed by atoms with Crippen molar-refractivity contribution >= 4 is 5.91 Å². The molecule has 0 rings (SSSR count). The van der Waals surface area contributed by atoms with E-state index < -0.39 is 5.60 Å². The number of rotatable bonds is 6. The summed E-state index contributed by atoms with van der Waals surface area (Å²) in [4.78, 5) is 15.7. The van der Waals surface area contributed by atoms with Gasteiger partial charge in [0.15, 0.2) is 0 Å². The van der Waals surface area contributed by atoms with E-state index in [0.717, 1.165) is 13.1 Å². The summed E-state index contributed by atoms with van der Waals surface area (Å²) in [5, 5.41) is 9.71. The van der Waals surface area contributed by atoms with Crippen molar-refractivity contribution < 1.29 is 9.90 Å². The number of hydrogen-bond acceptors (Lipinski definition) is 3. The van der Waals surface area contributed by atoms with Crippen LogP contribution in [-0.2, 0) is 4.79 Å². The van der Waals surface area contributed by atoms with Crippen LogP contribution < -0.4 is 0 Å². The van der Waals surface area contributed by atoms with E-state index in [1.54, 1.807) is 13.8 Å². The Bertz CT molecular complexity index is 220. The second kappa shape index (κ2) is 6.21. The van der Waals surface area contributed by atoms with Crippen LogP contribution >= 0.6 is 0 Å². The number of nitrogens with zero attached hydrogens (tertiary/aromatic N) is 2. The molecule has 1 amide bonds. The van der Waals surface area contributed by atoms with Gasteiger partial charge in [-0.15, -0.1) is 0 Å². The summed E-state index contributed by atoms with van der Waals surface area (Å²) >= 11 is 0. The van der Waals surface area contributed by atoms with Crippen LogP contribution in [0.15, 0.2) is 0 Å². The minimum Gasteiger partial charge on any atom is -0.389 e. The third-order valence-electron chi connectivity index (χ3n) is 2.73. The molecule has 0 radical (unpaired) electrons. The minimum absolute atomic E-state index is 0.122. The smallest absolute Gasteiger partial charge is 0.239 e. The highest BCUT2D eigenvalue weighted by Crippen LogP contribution is 2.08. The molecule has 0 saturated carbocycles. The lowest BCUT2D eigenvalue weighted by molar-refractivity contribution is -0.136. The summed E-state index contributed by atoms with van der Waals surface area (Å²) < 4.78 is 0. The molecule has 1 unspecified atom stereocenters. The maximum absolute atomic E-state index is 12.0. The Balaban J connectivity index is 4.42. The first-order valence-corrected chi connectivity index (χ1v) is 5.94. The van der Waals surface area contributed by atoms with E-state index in [2.05, 4.69) is 0 Å². The van der Waals surface area contributed by atoms with Gasteiger partial charge in [0, 0.05) is 19.6 Å². The quantitative estimate of drug-likeness (QED) is 0.739. The van der Waals surface area contributed by atoms with Gasteiger partial charge < -0.3 is 10.0 Å². The predicted octanol–water partition coefficient (Wildman–Crippen LogP) is 0.946. The summed E-state index contributed by atoms with van der Waals surface area (Å²) in [5.41, 5.74) is -0.771. The summed E-state index contributed by atoms with van der Waals surface area (Å²) in [6.45, 7) is 11.3. The zero-order chi connectivity index (χ0) is 12.9. The van der Waals surface area contributed by atoms with E-state index in [9.17, 15) is 9.90 Å². The molecule has 0 fully saturated rings. The largest absolute Gasteiger partial charge is 0.389 e. The molecule has 0 aliphatic carbocycles. The first-order valence-electron chi connectivity index (χ1n) is 5.94. The highest BCUT2D eigenvalue weighted by molar-refractivity contribution is 5.81. The molecule has 0 heterocycles. The van der Waals surface area contributed by atoms with Crippen molar-refractivity contribution in [3.8, 4) is 0 Å². The first-order chi connectivity index (χ1) is 7.22. The monoisotopic (exact) mass is 230 g/mol. The molecule has 0 aromatic rings. The van der Waals surface area contributed by atoms with E-state index >= 15 is 0 Å². The standard InChI is InChI=1S/C12H26N2O2/c1-7-14(8-2)11(15)10(3)13(6)9-12(4,5)16/h10,16H,7-9H2,1-6H3. The molecule has 4 nitrogen and oxygen atoms in total. The Morgan fingerprint density at radius 3 is 2.06 bits per heavy atom. The normalized spacial score (nSPS) is 14.0. The van der Waals surface area contributed by atoms with Crippen molar-refractivity contribution in [1.29, 1.82) is 0 Å². The van der Waals surface area contributed by atoms with Gasteiger partial charge in [0.05, 0.1) is 11.6 Å². The molecular weight excluding hydrogens is 204 g/mol. The maximum Gasteiger partial charge on any atom is 0.239 e. The molecule has 1 N–H and O–H groups in total. The molecule has 0 aromatic heterocycles. The molecule has 0 bridgehead atoms. The Labute approximate surface area is 99.2 Å². The van der Waals surface area contributed by atoms with Crippen molar-refractivity contribution in [3.05, 3.63) is 0 Å². The number of aliphatic hydroxyl groups is 1. The van der Waals surface area contributed by atoms with Gasteiger partial charge >= 0.3 is 0 Å². The average molecular weight is 230 g/mol. The minimum atomic E-state index is -0.771. The third kappa shape index (κ3) is 4.94. The number of carbonyl (C=O) groups excluding carboxylic acids is 1. The fraction of sp³-hybridized carbons (Fsp3) is 0.917. The number of carbonyl (C=O) groups is 1. The Hall–Kier alpha value is -0.610. The van der Waals surface area contributed by atoms with E-state index in [4.69, 9.17) is 0 Å². The van der Waals surface area contributed by atoms with Crippen LogP contribution in [-0.4, -0.2) is 59.1 Å². The van der Waals surface area contributed by atoms with Crippen molar-refractivity contribution in [3.63, 3.8) is 0 Å². The molecule has 0 saturated heterocycles. The van der Waals surface area contributed by atoms with Gasteiger partial charge in [-0.2, -0.15) is 0 Å². The van der Waals surface area contributed by atoms with Gasteiger partial charge in [-0.05, 0) is 41.7 Å². The van der Waals surface area contributed by atoms with Crippen molar-refractivity contribution in [2.24, 2.45) is 0 Å². The summed E-state index contributed by atoms with van der Waals surface area (Å²) in [7, 11) is 1.87. The molecule has 1 atom stereocenters. The first kappa shape index (κ1) is 15.4. The number of hydrogen-bond donors (Lipinski definition) is 1. The SMILES string of the molecule is CCN(CC)C(=O)C(C)N(C)CC(C)(C)O. The van der Waals surface area contributed by atoms with Crippen LogP contribution in [0.25, 0.3) is 0 Å². The topological polar surface area (TPSA) is 43.8 Å². The fourth-order valence-corrected chi connectivity index (χ4v) is 1.74. The van der Waals surface area contributed by atoms with Gasteiger partial charge in [0.2, 0.25) is 5.91 Å². The molecular formula is C12H26N2O2. The van der Waals surface area contributed by atoms with Crippen LogP contribution in [0.3, 0.4) is 0 Å². The van der Waals surface area contributed by atoms with Crippen LogP contribution in [0.2, 0.25) is 0 Å². The molecule has 0 aromatic carbocycles. The Morgan fingerprint density at radius 1 is 1.31 bits per heavy atom. The van der Waals surface area contributed by atoms with Crippen molar-refractivity contribution in [1.82, 2.24) is 9.80 Å². The maximum atomic E-state index is 12.0. The second-order valence-corrected chi connectivity index (χ2v) is 4.91. The Kier molecular flexibility index (Phi) is 5.97. The van der Waals surface area contributed by atoms with E-state index in [0.29, 0.717) is 6.54 Å². The lowest BCUT2D eigenvalue weighted by Gasteiger charge is -2.32. The zero-order valence-corrected chi connectivity index (χ0v) is 11.4. The predicted molar refractivity (Wildman–Crippen MR) is 66.3 cm³/mol. The average Bonchev–Trinajstić information content (AvgIpc) is 2.15. The summed E-state index contributed by atoms with van der Waals surface area (Å²) in [6, 6.07) is -0.189. The highest BCUT2D eigenvalue weighted by atomic mass is 16.3. The molecule has 0 aliphatic rings. The van der Waals surface area contributed by atoms with Crippen LogP contribution in [0.1, 0.15) is 34.6 Å². The van der Waals surface area contributed by atoms with Gasteiger partial charge in [-0.1, -0.05) is 0 Å². The molecule has 0 aliphatic heterocycles. The van der Waals surface area contributed by atoms with E-state index in [1.165, 1.54) is 0 Å². The van der Waals surface area contributed by atoms with Gasteiger partial charge in [-0.25, -0.2) is 0 Å². The Morgan fingerprint density at radius 2 is 1.75 bits per heavy atom. The molecule has 4 heteroatoms. The molecule has 16 heavy (non-hydrogen) atoms. The molecule has 0 spiro atoms. The summed E-state index contributed by atoms with van der Waals surface area (Å²) in [6.07, 6.45) is 0. The third-order valence-corrected chi connectivity index (χ3v) is 2.73. The van der Waals surface area contributed by atoms with Crippen molar-refractivity contribution in [2.75, 3.05) is 26.7 Å². The lowest BCUT2D eigenvalue weighted by Crippen LogP contribution is -2.49. The van der Waals surface area contributed by atoms with Crippen LogP contribution in [0, 0.1) is 0 Å². The van der Waals surface area contributed by atoms with Crippen molar-refractivity contribution in [2.45, 2.75) is 46.3 Å². The highest BCUT2D eigenvalue weighted by Gasteiger charge is 2.25. The number of amides is 1. The zero-order valence-electron chi connectivity index (χ0n) is 11.4. The van der Waals surface area contributed by atoms with Gasteiger partial charge in [-0.3, -0.25) is 9.69 Å². The van der Waals surface area contributed by atoms with E-state index in [1.807, 2.05) is 37.6 Å². The van der Waals surface area contributed by atoms with Crippen LogP contribution in [0.5, 0.6) is 0 Å². The second-order valence-electron chi connectivity index (χ2n) is 4.91. The van der Waals surface area contributed by atoms with Crippen LogP contribution in [0.4, 0.5) is 0 Å². The molecule has 96 valence electrons. The summed E-state index contributed by atoms with van der Waals surface area (Å²) in [5.74, 6) is 0.122.